The molecule has 20 heavy (non-hydrogen) atoms. The smallest absolute Gasteiger partial charge is 0.281 e. The zero-order chi connectivity index (χ0) is 14.8. The molecule has 2 rings (SSSR count). The normalized spacial score (nSPS) is 11.6. The van der Waals surface area contributed by atoms with E-state index in [1.807, 2.05) is 6.92 Å². The number of anilines is 1. The largest absolute Gasteiger partial charge is 0.334 e. The molecule has 2 aromatic rings. The quantitative estimate of drug-likeness (QED) is 0.856. The summed E-state index contributed by atoms with van der Waals surface area (Å²) >= 11 is 0. The SMILES string of the molecule is CCCn1cc(S(=O)(=O)Nc2ccc(F)nc2)nc1C. The molecule has 2 heterocycles. The third-order valence-corrected chi connectivity index (χ3v) is 3.93. The molecule has 0 saturated carbocycles. The van der Waals surface area contributed by atoms with Gasteiger partial charge in [0.15, 0.2) is 5.03 Å². The van der Waals surface area contributed by atoms with Gasteiger partial charge in [0.1, 0.15) is 5.82 Å². The first-order valence-electron chi connectivity index (χ1n) is 6.10. The van der Waals surface area contributed by atoms with E-state index in [1.54, 1.807) is 11.5 Å². The summed E-state index contributed by atoms with van der Waals surface area (Å²) in [6.45, 7) is 4.44. The molecule has 1 N–H and O–H groups in total. The van der Waals surface area contributed by atoms with E-state index in [4.69, 9.17) is 0 Å². The van der Waals surface area contributed by atoms with Crippen molar-refractivity contribution < 1.29 is 12.8 Å². The second kappa shape index (κ2) is 5.58. The van der Waals surface area contributed by atoms with Gasteiger partial charge in [-0.2, -0.15) is 12.8 Å². The number of aryl methyl sites for hydroxylation is 2. The van der Waals surface area contributed by atoms with Crippen molar-refractivity contribution in [3.8, 4) is 0 Å². The minimum absolute atomic E-state index is 0.0622. The molecule has 2 aromatic heterocycles. The molecule has 0 aliphatic carbocycles. The van der Waals surface area contributed by atoms with E-state index in [-0.39, 0.29) is 10.7 Å². The predicted molar refractivity (Wildman–Crippen MR) is 72.3 cm³/mol. The average molecular weight is 298 g/mol. The molecule has 0 aliphatic heterocycles. The van der Waals surface area contributed by atoms with Gasteiger partial charge in [-0.25, -0.2) is 9.97 Å². The monoisotopic (exact) mass is 298 g/mol. The summed E-state index contributed by atoms with van der Waals surface area (Å²) in [5.41, 5.74) is 0.189. The van der Waals surface area contributed by atoms with Crippen LogP contribution in [0, 0.1) is 12.9 Å². The van der Waals surface area contributed by atoms with Gasteiger partial charge in [-0.15, -0.1) is 0 Å². The summed E-state index contributed by atoms with van der Waals surface area (Å²) in [5, 5.41) is -0.0622. The number of rotatable bonds is 5. The van der Waals surface area contributed by atoms with Crippen molar-refractivity contribution in [2.24, 2.45) is 0 Å². The lowest BCUT2D eigenvalue weighted by atomic mass is 10.4. The maximum absolute atomic E-state index is 12.7. The van der Waals surface area contributed by atoms with Crippen molar-refractivity contribution in [3.05, 3.63) is 36.3 Å². The molecule has 0 aliphatic rings. The van der Waals surface area contributed by atoms with Gasteiger partial charge in [0.25, 0.3) is 10.0 Å². The van der Waals surface area contributed by atoms with Crippen LogP contribution in [0.3, 0.4) is 0 Å². The standard InChI is InChI=1S/C12H15FN4O2S/c1-3-6-17-8-12(15-9(17)2)20(18,19)16-10-4-5-11(13)14-7-10/h4-5,7-8,16H,3,6H2,1-2H3. The topological polar surface area (TPSA) is 76.9 Å². The Bertz CT molecular complexity index is 695. The van der Waals surface area contributed by atoms with Crippen molar-refractivity contribution in [3.63, 3.8) is 0 Å². The van der Waals surface area contributed by atoms with E-state index in [0.717, 1.165) is 18.7 Å². The lowest BCUT2D eigenvalue weighted by Crippen LogP contribution is -2.13. The van der Waals surface area contributed by atoms with Gasteiger partial charge in [-0.1, -0.05) is 6.92 Å². The van der Waals surface area contributed by atoms with E-state index in [1.165, 1.54) is 12.3 Å². The number of nitrogens with one attached hydrogen (secondary N) is 1. The van der Waals surface area contributed by atoms with Crippen molar-refractivity contribution in [2.45, 2.75) is 31.8 Å². The van der Waals surface area contributed by atoms with E-state index >= 15 is 0 Å². The fraction of sp³-hybridized carbons (Fsp3) is 0.333. The molecule has 8 heteroatoms. The first-order chi connectivity index (χ1) is 9.42. The Morgan fingerprint density at radius 2 is 2.15 bits per heavy atom. The number of sulfonamides is 1. The number of hydrogen-bond acceptors (Lipinski definition) is 4. The number of aromatic nitrogens is 3. The molecular formula is C12H15FN4O2S. The molecule has 0 radical (unpaired) electrons. The Morgan fingerprint density at radius 3 is 2.75 bits per heavy atom. The molecule has 0 fully saturated rings. The average Bonchev–Trinajstić information content (AvgIpc) is 2.75. The summed E-state index contributed by atoms with van der Waals surface area (Å²) in [5.74, 6) is -0.0412. The highest BCUT2D eigenvalue weighted by molar-refractivity contribution is 7.92. The summed E-state index contributed by atoms with van der Waals surface area (Å²) in [6.07, 6.45) is 3.48. The second-order valence-corrected chi connectivity index (χ2v) is 5.92. The van der Waals surface area contributed by atoms with Crippen LogP contribution in [-0.2, 0) is 16.6 Å². The van der Waals surface area contributed by atoms with Gasteiger partial charge in [-0.05, 0) is 25.5 Å². The minimum Gasteiger partial charge on any atom is -0.334 e. The Balaban J connectivity index is 2.26. The molecule has 108 valence electrons. The van der Waals surface area contributed by atoms with Crippen LogP contribution in [-0.4, -0.2) is 23.0 Å². The van der Waals surface area contributed by atoms with E-state index in [9.17, 15) is 12.8 Å². The van der Waals surface area contributed by atoms with Crippen molar-refractivity contribution in [2.75, 3.05) is 4.72 Å². The molecule has 0 saturated heterocycles. The fourth-order valence-electron chi connectivity index (χ4n) is 1.72. The van der Waals surface area contributed by atoms with Crippen molar-refractivity contribution >= 4 is 15.7 Å². The number of halogens is 1. The van der Waals surface area contributed by atoms with Gasteiger partial charge >= 0.3 is 0 Å². The third kappa shape index (κ3) is 3.13. The Kier molecular flexibility index (Phi) is 4.03. The molecule has 0 atom stereocenters. The van der Waals surface area contributed by atoms with Crippen LogP contribution in [0.1, 0.15) is 19.2 Å². The zero-order valence-corrected chi connectivity index (χ0v) is 12.0. The van der Waals surface area contributed by atoms with E-state index in [0.29, 0.717) is 12.4 Å². The van der Waals surface area contributed by atoms with Crippen LogP contribution in [0.4, 0.5) is 10.1 Å². The molecule has 0 bridgehead atoms. The summed E-state index contributed by atoms with van der Waals surface area (Å²) in [4.78, 5) is 7.42. The zero-order valence-electron chi connectivity index (χ0n) is 11.2. The van der Waals surface area contributed by atoms with Crippen LogP contribution in [0.25, 0.3) is 0 Å². The van der Waals surface area contributed by atoms with E-state index < -0.39 is 16.0 Å². The highest BCUT2D eigenvalue weighted by Gasteiger charge is 2.19. The van der Waals surface area contributed by atoms with Crippen LogP contribution in [0.2, 0.25) is 0 Å². The van der Waals surface area contributed by atoms with Gasteiger partial charge in [0.2, 0.25) is 5.95 Å². The molecule has 6 nitrogen and oxygen atoms in total. The number of imidazole rings is 1. The molecular weight excluding hydrogens is 283 g/mol. The van der Waals surface area contributed by atoms with Gasteiger partial charge in [0.05, 0.1) is 11.9 Å². The van der Waals surface area contributed by atoms with Gasteiger partial charge in [-0.3, -0.25) is 4.72 Å². The summed E-state index contributed by atoms with van der Waals surface area (Å²) < 4.78 is 41.1. The summed E-state index contributed by atoms with van der Waals surface area (Å²) in [7, 11) is -3.79. The second-order valence-electron chi connectivity index (χ2n) is 4.29. The minimum atomic E-state index is -3.79. The van der Waals surface area contributed by atoms with Crippen molar-refractivity contribution in [1.29, 1.82) is 0 Å². The van der Waals surface area contributed by atoms with Crippen LogP contribution in [0.15, 0.2) is 29.6 Å². The lowest BCUT2D eigenvalue weighted by molar-refractivity contribution is 0.583. The van der Waals surface area contributed by atoms with Gasteiger partial charge in [0, 0.05) is 12.7 Å². The van der Waals surface area contributed by atoms with Crippen LogP contribution >= 0.6 is 0 Å². The lowest BCUT2D eigenvalue weighted by Gasteiger charge is -2.04. The molecule has 0 spiro atoms. The highest BCUT2D eigenvalue weighted by atomic mass is 32.2. The number of nitrogens with zero attached hydrogens (tertiary/aromatic N) is 3. The third-order valence-electron chi connectivity index (χ3n) is 2.67. The number of hydrogen-bond donors (Lipinski definition) is 1. The van der Waals surface area contributed by atoms with E-state index in [2.05, 4.69) is 14.7 Å². The summed E-state index contributed by atoms with van der Waals surface area (Å²) in [6, 6.07) is 2.38. The fourth-order valence-corrected chi connectivity index (χ4v) is 2.77. The molecule has 0 unspecified atom stereocenters. The molecule has 0 amide bonds. The Morgan fingerprint density at radius 1 is 1.40 bits per heavy atom. The highest BCUT2D eigenvalue weighted by Crippen LogP contribution is 2.15. The maximum Gasteiger partial charge on any atom is 0.281 e. The van der Waals surface area contributed by atoms with Crippen LogP contribution < -0.4 is 4.72 Å². The van der Waals surface area contributed by atoms with Crippen LogP contribution in [0.5, 0.6) is 0 Å². The first kappa shape index (κ1) is 14.4. The predicted octanol–water partition coefficient (Wildman–Crippen LogP) is 1.94. The van der Waals surface area contributed by atoms with Gasteiger partial charge < -0.3 is 4.57 Å². The Hall–Kier alpha value is -1.96. The van der Waals surface area contributed by atoms with Crippen molar-refractivity contribution in [1.82, 2.24) is 14.5 Å². The first-order valence-corrected chi connectivity index (χ1v) is 7.59. The molecule has 0 aromatic carbocycles. The number of pyridine rings is 1. The Labute approximate surface area is 116 Å². The maximum atomic E-state index is 12.7.